The second kappa shape index (κ2) is 7.00. The van der Waals surface area contributed by atoms with Crippen LogP contribution in [0.4, 0.5) is 11.8 Å². The van der Waals surface area contributed by atoms with Crippen LogP contribution in [0, 0.1) is 6.92 Å². The second-order valence-electron chi connectivity index (χ2n) is 5.12. The van der Waals surface area contributed by atoms with Gasteiger partial charge in [-0.25, -0.2) is 10.4 Å². The summed E-state index contributed by atoms with van der Waals surface area (Å²) >= 11 is 0. The number of hydrogen-bond acceptors (Lipinski definition) is 6. The van der Waals surface area contributed by atoms with E-state index in [4.69, 9.17) is 4.74 Å². The van der Waals surface area contributed by atoms with Crippen LogP contribution < -0.4 is 10.3 Å². The minimum Gasteiger partial charge on any atom is -0.378 e. The number of rotatable bonds is 4. The Morgan fingerprint density at radius 2 is 2.14 bits per heavy atom. The molecule has 6 heteroatoms. The molecule has 2 aromatic rings. The maximum absolute atomic E-state index is 5.35. The van der Waals surface area contributed by atoms with E-state index in [9.17, 15) is 0 Å². The molecule has 3 rings (SSSR count). The predicted octanol–water partition coefficient (Wildman–Crippen LogP) is 2.07. The summed E-state index contributed by atoms with van der Waals surface area (Å²) in [6, 6.07) is 10.0. The number of ether oxygens (including phenoxy) is 1. The first kappa shape index (κ1) is 14.5. The third kappa shape index (κ3) is 3.79. The van der Waals surface area contributed by atoms with Gasteiger partial charge in [-0.05, 0) is 18.6 Å². The lowest BCUT2D eigenvalue weighted by Crippen LogP contribution is -2.36. The largest absolute Gasteiger partial charge is 0.378 e. The Morgan fingerprint density at radius 3 is 2.95 bits per heavy atom. The zero-order chi connectivity index (χ0) is 15.2. The minimum atomic E-state index is 0.493. The summed E-state index contributed by atoms with van der Waals surface area (Å²) in [6.07, 6.45) is 3.50. The van der Waals surface area contributed by atoms with Crippen LogP contribution in [0.3, 0.4) is 0 Å². The highest BCUT2D eigenvalue weighted by atomic mass is 16.5. The first-order chi connectivity index (χ1) is 10.8. The van der Waals surface area contributed by atoms with Crippen LogP contribution in [0.15, 0.2) is 41.6 Å². The van der Waals surface area contributed by atoms with Crippen LogP contribution in [0.2, 0.25) is 0 Å². The Labute approximate surface area is 129 Å². The summed E-state index contributed by atoms with van der Waals surface area (Å²) in [5.74, 6) is 1.39. The molecule has 0 spiro atoms. The molecule has 22 heavy (non-hydrogen) atoms. The number of aromatic nitrogens is 2. The van der Waals surface area contributed by atoms with Crippen molar-refractivity contribution in [2.45, 2.75) is 6.92 Å². The van der Waals surface area contributed by atoms with Crippen molar-refractivity contribution in [2.75, 3.05) is 36.6 Å². The third-order valence-electron chi connectivity index (χ3n) is 3.40. The van der Waals surface area contributed by atoms with E-state index in [1.54, 1.807) is 12.4 Å². The Balaban J connectivity index is 1.65. The van der Waals surface area contributed by atoms with Crippen molar-refractivity contribution in [3.05, 3.63) is 47.7 Å². The van der Waals surface area contributed by atoms with Crippen LogP contribution in [0.5, 0.6) is 0 Å². The summed E-state index contributed by atoms with van der Waals surface area (Å²) in [5, 5.41) is 4.20. The highest BCUT2D eigenvalue weighted by Crippen LogP contribution is 2.13. The molecule has 1 aliphatic rings. The molecule has 0 unspecified atom stereocenters. The minimum absolute atomic E-state index is 0.493. The van der Waals surface area contributed by atoms with E-state index < -0.39 is 0 Å². The van der Waals surface area contributed by atoms with Crippen molar-refractivity contribution >= 4 is 18.0 Å². The molecule has 6 nitrogen and oxygen atoms in total. The zero-order valence-corrected chi connectivity index (χ0v) is 12.6. The van der Waals surface area contributed by atoms with Gasteiger partial charge in [0.2, 0.25) is 5.95 Å². The van der Waals surface area contributed by atoms with Gasteiger partial charge in [-0.15, -0.1) is 0 Å². The third-order valence-corrected chi connectivity index (χ3v) is 3.40. The molecule has 0 aliphatic carbocycles. The summed E-state index contributed by atoms with van der Waals surface area (Å²) in [7, 11) is 0. The number of anilines is 2. The molecular weight excluding hydrogens is 278 g/mol. The van der Waals surface area contributed by atoms with Crippen molar-refractivity contribution in [3.8, 4) is 0 Å². The van der Waals surface area contributed by atoms with E-state index in [1.807, 2.05) is 18.2 Å². The van der Waals surface area contributed by atoms with Gasteiger partial charge in [0.05, 0.1) is 19.4 Å². The second-order valence-corrected chi connectivity index (χ2v) is 5.12. The average Bonchev–Trinajstić information content (AvgIpc) is 2.56. The molecule has 1 aromatic carbocycles. The van der Waals surface area contributed by atoms with E-state index in [1.165, 1.54) is 5.56 Å². The summed E-state index contributed by atoms with van der Waals surface area (Å²) in [5.41, 5.74) is 5.12. The molecule has 1 fully saturated rings. The number of aryl methyl sites for hydroxylation is 1. The number of benzene rings is 1. The highest BCUT2D eigenvalue weighted by molar-refractivity contribution is 5.80. The van der Waals surface area contributed by atoms with Gasteiger partial charge in [0.15, 0.2) is 0 Å². The summed E-state index contributed by atoms with van der Waals surface area (Å²) in [6.45, 7) is 5.22. The monoisotopic (exact) mass is 297 g/mol. The van der Waals surface area contributed by atoms with E-state index in [0.29, 0.717) is 5.95 Å². The molecule has 0 saturated carbocycles. The molecule has 114 valence electrons. The molecule has 0 radical (unpaired) electrons. The van der Waals surface area contributed by atoms with Gasteiger partial charge in [-0.2, -0.15) is 10.1 Å². The van der Waals surface area contributed by atoms with Crippen molar-refractivity contribution < 1.29 is 4.74 Å². The number of hydrazone groups is 1. The molecule has 0 bridgehead atoms. The van der Waals surface area contributed by atoms with Crippen molar-refractivity contribution in [3.63, 3.8) is 0 Å². The van der Waals surface area contributed by atoms with Crippen molar-refractivity contribution in [1.82, 2.24) is 9.97 Å². The van der Waals surface area contributed by atoms with Crippen LogP contribution >= 0.6 is 0 Å². The Kier molecular flexibility index (Phi) is 4.60. The van der Waals surface area contributed by atoms with Gasteiger partial charge in [-0.1, -0.05) is 29.8 Å². The standard InChI is InChI=1S/C16H19N5O/c1-13-3-2-4-14(11-13)12-18-20-16-17-6-5-15(19-16)21-7-9-22-10-8-21/h2-6,11-12H,7-10H2,1H3,(H,17,19,20)/b18-12+. The van der Waals surface area contributed by atoms with Gasteiger partial charge < -0.3 is 9.64 Å². The predicted molar refractivity (Wildman–Crippen MR) is 87.5 cm³/mol. The lowest BCUT2D eigenvalue weighted by atomic mass is 10.2. The fourth-order valence-electron chi connectivity index (χ4n) is 2.29. The van der Waals surface area contributed by atoms with Gasteiger partial charge >= 0.3 is 0 Å². The normalized spacial score (nSPS) is 15.2. The van der Waals surface area contributed by atoms with Crippen molar-refractivity contribution in [1.29, 1.82) is 0 Å². The summed E-state index contributed by atoms with van der Waals surface area (Å²) < 4.78 is 5.35. The molecule has 0 amide bonds. The molecule has 1 saturated heterocycles. The Hall–Kier alpha value is -2.47. The fraction of sp³-hybridized carbons (Fsp3) is 0.312. The maximum Gasteiger partial charge on any atom is 0.245 e. The van der Waals surface area contributed by atoms with Gasteiger partial charge in [0.25, 0.3) is 0 Å². The average molecular weight is 297 g/mol. The molecule has 1 aromatic heterocycles. The fourth-order valence-corrected chi connectivity index (χ4v) is 2.29. The molecule has 1 aliphatic heterocycles. The van der Waals surface area contributed by atoms with E-state index >= 15 is 0 Å². The van der Waals surface area contributed by atoms with Gasteiger partial charge in [-0.3, -0.25) is 0 Å². The first-order valence-electron chi connectivity index (χ1n) is 7.33. The first-order valence-corrected chi connectivity index (χ1v) is 7.33. The number of morpholine rings is 1. The molecule has 0 atom stereocenters. The number of hydrogen-bond donors (Lipinski definition) is 1. The quantitative estimate of drug-likeness (QED) is 0.691. The topological polar surface area (TPSA) is 62.6 Å². The van der Waals surface area contributed by atoms with Crippen LogP contribution in [-0.2, 0) is 4.74 Å². The Bertz CT molecular complexity index is 652. The van der Waals surface area contributed by atoms with Crippen LogP contribution in [0.25, 0.3) is 0 Å². The lowest BCUT2D eigenvalue weighted by molar-refractivity contribution is 0.122. The molecule has 1 N–H and O–H groups in total. The highest BCUT2D eigenvalue weighted by Gasteiger charge is 2.12. The smallest absolute Gasteiger partial charge is 0.245 e. The molecule has 2 heterocycles. The SMILES string of the molecule is Cc1cccc(/C=N/Nc2nccc(N3CCOCC3)n2)c1. The van der Waals surface area contributed by atoms with E-state index in [-0.39, 0.29) is 0 Å². The maximum atomic E-state index is 5.35. The zero-order valence-electron chi connectivity index (χ0n) is 12.6. The summed E-state index contributed by atoms with van der Waals surface area (Å²) in [4.78, 5) is 10.8. The van der Waals surface area contributed by atoms with E-state index in [0.717, 1.165) is 37.7 Å². The van der Waals surface area contributed by atoms with Gasteiger partial charge in [0.1, 0.15) is 5.82 Å². The van der Waals surface area contributed by atoms with Gasteiger partial charge in [0, 0.05) is 19.3 Å². The van der Waals surface area contributed by atoms with Crippen LogP contribution in [0.1, 0.15) is 11.1 Å². The lowest BCUT2D eigenvalue weighted by Gasteiger charge is -2.27. The number of nitrogens with zero attached hydrogens (tertiary/aromatic N) is 4. The van der Waals surface area contributed by atoms with E-state index in [2.05, 4.69) is 44.5 Å². The Morgan fingerprint density at radius 1 is 1.27 bits per heavy atom. The van der Waals surface area contributed by atoms with Crippen LogP contribution in [-0.4, -0.2) is 42.5 Å². The molecular formula is C16H19N5O. The number of nitrogens with one attached hydrogen (secondary N) is 1. The van der Waals surface area contributed by atoms with Crippen molar-refractivity contribution in [2.24, 2.45) is 5.10 Å².